The number of hydrogen-bond donors (Lipinski definition) is 3. The van der Waals surface area contributed by atoms with E-state index in [4.69, 9.17) is 15.6 Å². The zero-order chi connectivity index (χ0) is 17.7. The van der Waals surface area contributed by atoms with Crippen molar-refractivity contribution in [2.75, 3.05) is 13.2 Å². The molecule has 0 aliphatic heterocycles. The predicted molar refractivity (Wildman–Crippen MR) is 86.8 cm³/mol. The molecule has 1 rings (SSSR count). The Labute approximate surface area is 136 Å². The number of alkyl carbamates (subject to hydrolysis) is 1. The molecule has 0 fully saturated rings. The van der Waals surface area contributed by atoms with Crippen molar-refractivity contribution < 1.29 is 24.2 Å². The van der Waals surface area contributed by atoms with Crippen LogP contribution < -0.4 is 11.1 Å². The van der Waals surface area contributed by atoms with Crippen molar-refractivity contribution in [1.82, 2.24) is 5.32 Å². The third-order valence-electron chi connectivity index (χ3n) is 2.23. The van der Waals surface area contributed by atoms with Crippen LogP contribution in [0.15, 0.2) is 30.3 Å². The van der Waals surface area contributed by atoms with Gasteiger partial charge in [0.25, 0.3) is 0 Å². The highest BCUT2D eigenvalue weighted by molar-refractivity contribution is 5.67. The lowest BCUT2D eigenvalue weighted by Crippen LogP contribution is -2.33. The van der Waals surface area contributed by atoms with Crippen LogP contribution in [0.25, 0.3) is 0 Å². The average Bonchev–Trinajstić information content (AvgIpc) is 2.45. The fraction of sp³-hybridized carbons (Fsp3) is 0.500. The second kappa shape index (κ2) is 11.3. The van der Waals surface area contributed by atoms with E-state index in [0.29, 0.717) is 13.0 Å². The summed E-state index contributed by atoms with van der Waals surface area (Å²) in [6.45, 7) is 6.19. The summed E-state index contributed by atoms with van der Waals surface area (Å²) in [6.07, 6.45) is -0.621. The highest BCUT2D eigenvalue weighted by Crippen LogP contribution is 2.06. The minimum Gasteiger partial charge on any atom is -0.445 e. The number of ether oxygens (including phenoxy) is 2. The molecule has 0 spiro atoms. The maximum atomic E-state index is 10.9. The van der Waals surface area contributed by atoms with Gasteiger partial charge in [-0.1, -0.05) is 30.3 Å². The maximum absolute atomic E-state index is 10.9. The van der Waals surface area contributed by atoms with Crippen LogP contribution in [0.4, 0.5) is 9.59 Å². The van der Waals surface area contributed by atoms with E-state index in [1.54, 1.807) is 20.8 Å². The van der Waals surface area contributed by atoms with Crippen molar-refractivity contribution in [2.45, 2.75) is 39.4 Å². The van der Waals surface area contributed by atoms with Gasteiger partial charge in [-0.05, 0) is 32.8 Å². The molecule has 0 bridgehead atoms. The van der Waals surface area contributed by atoms with E-state index >= 15 is 0 Å². The number of aliphatic hydroxyl groups excluding tert-OH is 1. The number of amides is 2. The first-order valence-corrected chi connectivity index (χ1v) is 7.28. The van der Waals surface area contributed by atoms with Crippen LogP contribution >= 0.6 is 0 Å². The molecule has 0 aliphatic rings. The molecular formula is C16H26N2O5. The lowest BCUT2D eigenvalue weighted by molar-refractivity contribution is 0.0525. The number of nitrogens with two attached hydrogens (primary N) is 1. The number of hydrogen-bond acceptors (Lipinski definition) is 5. The Morgan fingerprint density at radius 2 is 1.83 bits per heavy atom. The van der Waals surface area contributed by atoms with Gasteiger partial charge in [0.2, 0.25) is 0 Å². The fourth-order valence-electron chi connectivity index (χ4n) is 1.31. The summed E-state index contributed by atoms with van der Waals surface area (Å²) >= 11 is 0. The minimum absolute atomic E-state index is 0.0792. The van der Waals surface area contributed by atoms with Crippen molar-refractivity contribution in [1.29, 1.82) is 0 Å². The SMILES string of the molecule is CC(C)(C)OC(=O)NCCCO.NC(=O)OCc1ccccc1. The van der Waals surface area contributed by atoms with Gasteiger partial charge in [-0.2, -0.15) is 0 Å². The molecule has 0 saturated heterocycles. The van der Waals surface area contributed by atoms with E-state index in [-0.39, 0.29) is 13.2 Å². The molecule has 130 valence electrons. The topological polar surface area (TPSA) is 111 Å². The Balaban J connectivity index is 0.000000422. The van der Waals surface area contributed by atoms with E-state index in [0.717, 1.165) is 5.56 Å². The first kappa shape index (κ1) is 20.7. The third-order valence-corrected chi connectivity index (χ3v) is 2.23. The lowest BCUT2D eigenvalue weighted by Gasteiger charge is -2.19. The van der Waals surface area contributed by atoms with Gasteiger partial charge in [0.15, 0.2) is 0 Å². The molecule has 0 aromatic heterocycles. The second-order valence-electron chi connectivity index (χ2n) is 5.60. The van der Waals surface area contributed by atoms with E-state index in [9.17, 15) is 9.59 Å². The van der Waals surface area contributed by atoms with E-state index in [1.165, 1.54) is 0 Å². The molecule has 0 unspecified atom stereocenters. The van der Waals surface area contributed by atoms with E-state index in [2.05, 4.69) is 10.1 Å². The van der Waals surface area contributed by atoms with Gasteiger partial charge in [0, 0.05) is 13.2 Å². The normalized spacial score (nSPS) is 10.1. The van der Waals surface area contributed by atoms with Gasteiger partial charge in [-0.25, -0.2) is 9.59 Å². The Bertz CT molecular complexity index is 457. The van der Waals surface area contributed by atoms with Crippen molar-refractivity contribution in [3.8, 4) is 0 Å². The van der Waals surface area contributed by atoms with Gasteiger partial charge in [-0.15, -0.1) is 0 Å². The number of carbonyl (C=O) groups is 2. The van der Waals surface area contributed by atoms with E-state index in [1.807, 2.05) is 30.3 Å². The molecular weight excluding hydrogens is 300 g/mol. The number of aliphatic hydroxyl groups is 1. The van der Waals surface area contributed by atoms with Crippen LogP contribution in [0.3, 0.4) is 0 Å². The third kappa shape index (κ3) is 14.4. The Hall–Kier alpha value is -2.28. The average molecular weight is 326 g/mol. The standard InChI is InChI=1S/C8H17NO3.C8H9NO2/c1-8(2,3)12-7(11)9-5-4-6-10;9-8(10)11-6-7-4-2-1-3-5-7/h10H,4-6H2,1-3H3,(H,9,11);1-5H,6H2,(H2,9,10). The zero-order valence-electron chi connectivity index (χ0n) is 13.9. The predicted octanol–water partition coefficient (Wildman–Crippen LogP) is 2.18. The molecule has 1 aromatic rings. The highest BCUT2D eigenvalue weighted by Gasteiger charge is 2.15. The Kier molecular flexibility index (Phi) is 10.2. The van der Waals surface area contributed by atoms with Gasteiger partial charge in [-0.3, -0.25) is 0 Å². The molecule has 4 N–H and O–H groups in total. The smallest absolute Gasteiger partial charge is 0.407 e. The van der Waals surface area contributed by atoms with Gasteiger partial charge in [0.05, 0.1) is 0 Å². The van der Waals surface area contributed by atoms with Crippen LogP contribution in [-0.4, -0.2) is 36.0 Å². The zero-order valence-corrected chi connectivity index (χ0v) is 13.9. The summed E-state index contributed by atoms with van der Waals surface area (Å²) in [5.41, 5.74) is 5.26. The lowest BCUT2D eigenvalue weighted by atomic mass is 10.2. The van der Waals surface area contributed by atoms with Crippen molar-refractivity contribution in [2.24, 2.45) is 5.73 Å². The summed E-state index contributed by atoms with van der Waals surface area (Å²) < 4.78 is 9.52. The summed E-state index contributed by atoms with van der Waals surface area (Å²) in [5, 5.41) is 10.9. The van der Waals surface area contributed by atoms with Gasteiger partial charge >= 0.3 is 12.2 Å². The molecule has 7 heteroatoms. The quantitative estimate of drug-likeness (QED) is 0.718. The van der Waals surface area contributed by atoms with Crippen LogP contribution in [-0.2, 0) is 16.1 Å². The number of carbonyl (C=O) groups excluding carboxylic acids is 2. The number of benzene rings is 1. The van der Waals surface area contributed by atoms with Gasteiger partial charge in [0.1, 0.15) is 12.2 Å². The summed E-state index contributed by atoms with van der Waals surface area (Å²) in [5.74, 6) is 0. The molecule has 0 atom stereocenters. The first-order chi connectivity index (χ1) is 10.7. The molecule has 0 aliphatic carbocycles. The van der Waals surface area contributed by atoms with Crippen LogP contribution in [0.5, 0.6) is 0 Å². The van der Waals surface area contributed by atoms with Gasteiger partial charge < -0.3 is 25.6 Å². The van der Waals surface area contributed by atoms with E-state index < -0.39 is 17.8 Å². The summed E-state index contributed by atoms with van der Waals surface area (Å²) in [6, 6.07) is 9.37. The monoisotopic (exact) mass is 326 g/mol. The minimum atomic E-state index is -0.742. The molecule has 1 aromatic carbocycles. The largest absolute Gasteiger partial charge is 0.445 e. The van der Waals surface area contributed by atoms with Crippen LogP contribution in [0.1, 0.15) is 32.8 Å². The highest BCUT2D eigenvalue weighted by atomic mass is 16.6. The number of nitrogens with one attached hydrogen (secondary N) is 1. The van der Waals surface area contributed by atoms with Crippen LogP contribution in [0.2, 0.25) is 0 Å². The number of primary amides is 1. The number of rotatable bonds is 5. The summed E-state index contributed by atoms with van der Waals surface area (Å²) in [7, 11) is 0. The van der Waals surface area contributed by atoms with Crippen molar-refractivity contribution in [3.05, 3.63) is 35.9 Å². The molecule has 7 nitrogen and oxygen atoms in total. The molecule has 2 amide bonds. The van der Waals surface area contributed by atoms with Crippen molar-refractivity contribution in [3.63, 3.8) is 0 Å². The van der Waals surface area contributed by atoms with Crippen molar-refractivity contribution >= 4 is 12.2 Å². The molecule has 0 heterocycles. The Morgan fingerprint density at radius 1 is 1.22 bits per heavy atom. The molecule has 23 heavy (non-hydrogen) atoms. The second-order valence-corrected chi connectivity index (χ2v) is 5.60. The first-order valence-electron chi connectivity index (χ1n) is 7.28. The maximum Gasteiger partial charge on any atom is 0.407 e. The fourth-order valence-corrected chi connectivity index (χ4v) is 1.31. The summed E-state index contributed by atoms with van der Waals surface area (Å²) in [4.78, 5) is 21.1. The van der Waals surface area contributed by atoms with Crippen LogP contribution in [0, 0.1) is 0 Å². The Morgan fingerprint density at radius 3 is 2.30 bits per heavy atom. The molecule has 0 saturated carbocycles. The molecule has 0 radical (unpaired) electrons.